The van der Waals surface area contributed by atoms with Crippen molar-refractivity contribution in [2.75, 3.05) is 0 Å². The highest BCUT2D eigenvalue weighted by molar-refractivity contribution is 5.26. The zero-order valence-electron chi connectivity index (χ0n) is 9.52. The van der Waals surface area contributed by atoms with Gasteiger partial charge in [-0.25, -0.2) is 0 Å². The number of furan rings is 1. The normalized spacial score (nSPS) is 12.6. The number of hydrogen-bond acceptors (Lipinski definition) is 2. The minimum Gasteiger partial charge on any atom is -0.472 e. The van der Waals surface area contributed by atoms with Gasteiger partial charge in [0.1, 0.15) is 0 Å². The van der Waals surface area contributed by atoms with Gasteiger partial charge < -0.3 is 10.2 Å². The third kappa shape index (κ3) is 2.52. The van der Waals surface area contributed by atoms with E-state index in [2.05, 4.69) is 31.2 Å². The van der Waals surface area contributed by atoms with Crippen LogP contribution in [-0.2, 0) is 6.42 Å². The second kappa shape index (κ2) is 4.99. The van der Waals surface area contributed by atoms with Crippen molar-refractivity contribution < 1.29 is 4.42 Å². The van der Waals surface area contributed by atoms with Crippen molar-refractivity contribution in [3.63, 3.8) is 0 Å². The van der Waals surface area contributed by atoms with Crippen molar-refractivity contribution >= 4 is 0 Å². The van der Waals surface area contributed by atoms with Crippen molar-refractivity contribution in [3.8, 4) is 0 Å². The van der Waals surface area contributed by atoms with Gasteiger partial charge in [0, 0.05) is 11.6 Å². The Labute approximate surface area is 96.1 Å². The molecule has 84 valence electrons. The monoisotopic (exact) mass is 215 g/mol. The van der Waals surface area contributed by atoms with Gasteiger partial charge in [-0.2, -0.15) is 0 Å². The van der Waals surface area contributed by atoms with Crippen LogP contribution in [-0.4, -0.2) is 0 Å². The molecule has 2 heteroatoms. The predicted octanol–water partition coefficient (Wildman–Crippen LogP) is 3.22. The number of nitrogens with two attached hydrogens (primary N) is 1. The summed E-state index contributed by atoms with van der Waals surface area (Å²) in [6.07, 6.45) is 5.36. The summed E-state index contributed by atoms with van der Waals surface area (Å²) in [5, 5.41) is 0. The summed E-state index contributed by atoms with van der Waals surface area (Å²) in [7, 11) is 0. The maximum absolute atomic E-state index is 6.08. The molecule has 0 aliphatic carbocycles. The van der Waals surface area contributed by atoms with Gasteiger partial charge in [-0.05, 0) is 37.0 Å². The minimum atomic E-state index is 0.0679. The molecule has 0 saturated heterocycles. The van der Waals surface area contributed by atoms with E-state index in [1.807, 2.05) is 6.07 Å². The topological polar surface area (TPSA) is 39.2 Å². The quantitative estimate of drug-likeness (QED) is 0.850. The van der Waals surface area contributed by atoms with Crippen LogP contribution in [0, 0.1) is 6.92 Å². The molecular formula is C14H17NO. The Hall–Kier alpha value is -1.54. The van der Waals surface area contributed by atoms with Crippen LogP contribution >= 0.6 is 0 Å². The first kappa shape index (κ1) is 11.0. The largest absolute Gasteiger partial charge is 0.472 e. The standard InChI is InChI=1S/C14H17NO/c1-11-4-2-3-5-12(11)6-7-14(15)13-8-9-16-10-13/h2-5,8-10,14H,6-7,15H2,1H3. The van der Waals surface area contributed by atoms with Crippen LogP contribution in [0.2, 0.25) is 0 Å². The second-order valence-electron chi connectivity index (χ2n) is 4.13. The third-order valence-corrected chi connectivity index (χ3v) is 2.96. The molecule has 1 aromatic carbocycles. The van der Waals surface area contributed by atoms with Crippen molar-refractivity contribution in [1.29, 1.82) is 0 Å². The average Bonchev–Trinajstić information content (AvgIpc) is 2.81. The number of aryl methyl sites for hydroxylation is 2. The SMILES string of the molecule is Cc1ccccc1CCC(N)c1ccoc1. The first-order valence-electron chi connectivity index (χ1n) is 5.59. The summed E-state index contributed by atoms with van der Waals surface area (Å²) in [6, 6.07) is 10.4. The minimum absolute atomic E-state index is 0.0679. The van der Waals surface area contributed by atoms with Gasteiger partial charge in [-0.1, -0.05) is 24.3 Å². The fraction of sp³-hybridized carbons (Fsp3) is 0.286. The summed E-state index contributed by atoms with van der Waals surface area (Å²) in [6.45, 7) is 2.14. The van der Waals surface area contributed by atoms with Gasteiger partial charge in [0.15, 0.2) is 0 Å². The molecular weight excluding hydrogens is 198 g/mol. The summed E-state index contributed by atoms with van der Waals surface area (Å²) in [4.78, 5) is 0. The van der Waals surface area contributed by atoms with E-state index in [0.717, 1.165) is 18.4 Å². The Morgan fingerprint density at radius 1 is 1.25 bits per heavy atom. The molecule has 2 N–H and O–H groups in total. The molecule has 2 aromatic rings. The molecule has 0 saturated carbocycles. The van der Waals surface area contributed by atoms with Gasteiger partial charge in [0.05, 0.1) is 12.5 Å². The number of benzene rings is 1. The van der Waals surface area contributed by atoms with E-state index >= 15 is 0 Å². The van der Waals surface area contributed by atoms with Gasteiger partial charge >= 0.3 is 0 Å². The average molecular weight is 215 g/mol. The fourth-order valence-electron chi connectivity index (χ4n) is 1.85. The van der Waals surface area contributed by atoms with Crippen LogP contribution in [0.15, 0.2) is 47.3 Å². The number of rotatable bonds is 4. The van der Waals surface area contributed by atoms with E-state index in [1.165, 1.54) is 11.1 Å². The maximum Gasteiger partial charge on any atom is 0.0950 e. The lowest BCUT2D eigenvalue weighted by Crippen LogP contribution is -2.10. The van der Waals surface area contributed by atoms with Crippen LogP contribution in [0.25, 0.3) is 0 Å². The lowest BCUT2D eigenvalue weighted by Gasteiger charge is -2.10. The van der Waals surface area contributed by atoms with Crippen molar-refractivity contribution in [2.45, 2.75) is 25.8 Å². The Bertz CT molecular complexity index is 434. The van der Waals surface area contributed by atoms with Crippen LogP contribution < -0.4 is 5.73 Å². The molecule has 0 radical (unpaired) electrons. The lowest BCUT2D eigenvalue weighted by atomic mass is 9.99. The zero-order chi connectivity index (χ0) is 11.4. The third-order valence-electron chi connectivity index (χ3n) is 2.96. The Kier molecular flexibility index (Phi) is 3.42. The highest BCUT2D eigenvalue weighted by Gasteiger charge is 2.07. The van der Waals surface area contributed by atoms with E-state index in [1.54, 1.807) is 12.5 Å². The van der Waals surface area contributed by atoms with Crippen LogP contribution in [0.1, 0.15) is 29.2 Å². The maximum atomic E-state index is 6.08. The smallest absolute Gasteiger partial charge is 0.0950 e. The van der Waals surface area contributed by atoms with E-state index in [4.69, 9.17) is 10.2 Å². The summed E-state index contributed by atoms with van der Waals surface area (Å²) in [5.41, 5.74) is 9.87. The molecule has 1 aromatic heterocycles. The summed E-state index contributed by atoms with van der Waals surface area (Å²) < 4.78 is 5.03. The second-order valence-corrected chi connectivity index (χ2v) is 4.13. The van der Waals surface area contributed by atoms with Crippen molar-refractivity contribution in [2.24, 2.45) is 5.73 Å². The highest BCUT2D eigenvalue weighted by Crippen LogP contribution is 2.18. The van der Waals surface area contributed by atoms with E-state index in [9.17, 15) is 0 Å². The predicted molar refractivity (Wildman–Crippen MR) is 65.1 cm³/mol. The van der Waals surface area contributed by atoms with Crippen LogP contribution in [0.5, 0.6) is 0 Å². The summed E-state index contributed by atoms with van der Waals surface area (Å²) >= 11 is 0. The first-order valence-corrected chi connectivity index (χ1v) is 5.59. The van der Waals surface area contributed by atoms with Crippen molar-refractivity contribution in [3.05, 3.63) is 59.5 Å². The molecule has 2 nitrogen and oxygen atoms in total. The Balaban J connectivity index is 1.95. The molecule has 0 fully saturated rings. The van der Waals surface area contributed by atoms with Crippen LogP contribution in [0.4, 0.5) is 0 Å². The molecule has 1 heterocycles. The van der Waals surface area contributed by atoms with Crippen LogP contribution in [0.3, 0.4) is 0 Å². The van der Waals surface area contributed by atoms with Gasteiger partial charge in [-0.15, -0.1) is 0 Å². The number of hydrogen-bond donors (Lipinski definition) is 1. The summed E-state index contributed by atoms with van der Waals surface area (Å²) in [5.74, 6) is 0. The first-order chi connectivity index (χ1) is 7.77. The van der Waals surface area contributed by atoms with E-state index < -0.39 is 0 Å². The van der Waals surface area contributed by atoms with Gasteiger partial charge in [0.25, 0.3) is 0 Å². The molecule has 0 aliphatic rings. The Morgan fingerprint density at radius 2 is 2.06 bits per heavy atom. The molecule has 16 heavy (non-hydrogen) atoms. The van der Waals surface area contributed by atoms with Gasteiger partial charge in [0.2, 0.25) is 0 Å². The fourth-order valence-corrected chi connectivity index (χ4v) is 1.85. The molecule has 2 rings (SSSR count). The van der Waals surface area contributed by atoms with Crippen molar-refractivity contribution in [1.82, 2.24) is 0 Å². The molecule has 1 atom stereocenters. The van der Waals surface area contributed by atoms with E-state index in [-0.39, 0.29) is 6.04 Å². The van der Waals surface area contributed by atoms with E-state index in [0.29, 0.717) is 0 Å². The zero-order valence-corrected chi connectivity index (χ0v) is 9.52. The molecule has 0 spiro atoms. The molecule has 1 unspecified atom stereocenters. The molecule has 0 amide bonds. The Morgan fingerprint density at radius 3 is 2.75 bits per heavy atom. The van der Waals surface area contributed by atoms with Gasteiger partial charge in [-0.3, -0.25) is 0 Å². The molecule has 0 bridgehead atoms. The lowest BCUT2D eigenvalue weighted by molar-refractivity contribution is 0.554. The highest BCUT2D eigenvalue weighted by atomic mass is 16.3. The molecule has 0 aliphatic heterocycles.